The first kappa shape index (κ1) is 23.3. The minimum Gasteiger partial charge on any atom is -0.493 e. The summed E-state index contributed by atoms with van der Waals surface area (Å²) in [5.74, 6) is 0.987. The Morgan fingerprint density at radius 1 is 1.03 bits per heavy atom. The molecule has 170 valence electrons. The van der Waals surface area contributed by atoms with E-state index >= 15 is 0 Å². The summed E-state index contributed by atoms with van der Waals surface area (Å²) in [6.07, 6.45) is 0. The second-order valence-electron chi connectivity index (χ2n) is 7.16. The van der Waals surface area contributed by atoms with Crippen LogP contribution in [0, 0.1) is 0 Å². The SMILES string of the molecule is COc1cc([C@@H]2SCC(=O)N2c2ccc(Cl)cc2)ccc1OCC(=O)Nc1ccc(Cl)cc1. The van der Waals surface area contributed by atoms with Crippen molar-refractivity contribution >= 4 is 58.2 Å². The van der Waals surface area contributed by atoms with Crippen LogP contribution in [-0.2, 0) is 9.59 Å². The van der Waals surface area contributed by atoms with Crippen LogP contribution >= 0.6 is 35.0 Å². The lowest BCUT2D eigenvalue weighted by Crippen LogP contribution is -2.27. The maximum absolute atomic E-state index is 12.6. The van der Waals surface area contributed by atoms with Gasteiger partial charge in [-0.05, 0) is 66.2 Å². The van der Waals surface area contributed by atoms with Crippen molar-refractivity contribution in [3.8, 4) is 11.5 Å². The Kier molecular flexibility index (Phi) is 7.33. The van der Waals surface area contributed by atoms with Crippen LogP contribution < -0.4 is 19.7 Å². The lowest BCUT2D eigenvalue weighted by Gasteiger charge is -2.25. The van der Waals surface area contributed by atoms with Gasteiger partial charge >= 0.3 is 0 Å². The number of thioether (sulfide) groups is 1. The van der Waals surface area contributed by atoms with E-state index in [1.165, 1.54) is 18.9 Å². The summed E-state index contributed by atoms with van der Waals surface area (Å²) in [6, 6.07) is 19.4. The number of hydrogen-bond acceptors (Lipinski definition) is 5. The van der Waals surface area contributed by atoms with E-state index in [-0.39, 0.29) is 23.8 Å². The molecule has 33 heavy (non-hydrogen) atoms. The summed E-state index contributed by atoms with van der Waals surface area (Å²) in [6.45, 7) is -0.189. The molecule has 0 aliphatic carbocycles. The number of carbonyl (C=O) groups excluding carboxylic acids is 2. The standard InChI is InChI=1S/C24H20Cl2N2O4S/c1-31-21-12-15(24-28(23(30)14-33-24)19-9-5-17(26)6-10-19)2-11-20(21)32-13-22(29)27-18-7-3-16(25)4-8-18/h2-12,24H,13-14H2,1H3,(H,27,29)/t24-/m0/s1. The lowest BCUT2D eigenvalue weighted by atomic mass is 10.1. The van der Waals surface area contributed by atoms with Crippen molar-refractivity contribution in [2.75, 3.05) is 29.7 Å². The van der Waals surface area contributed by atoms with Crippen molar-refractivity contribution in [1.82, 2.24) is 0 Å². The van der Waals surface area contributed by atoms with Gasteiger partial charge in [-0.1, -0.05) is 29.3 Å². The average Bonchev–Trinajstić information content (AvgIpc) is 3.21. The molecule has 3 aromatic rings. The van der Waals surface area contributed by atoms with E-state index in [1.54, 1.807) is 47.4 Å². The molecular weight excluding hydrogens is 483 g/mol. The first-order valence-corrected chi connectivity index (χ1v) is 11.8. The number of carbonyl (C=O) groups is 2. The van der Waals surface area contributed by atoms with E-state index in [0.29, 0.717) is 33.0 Å². The van der Waals surface area contributed by atoms with Crippen molar-refractivity contribution in [1.29, 1.82) is 0 Å². The molecule has 1 saturated heterocycles. The smallest absolute Gasteiger partial charge is 0.262 e. The number of nitrogens with zero attached hydrogens (tertiary/aromatic N) is 1. The van der Waals surface area contributed by atoms with E-state index in [1.807, 2.05) is 24.3 Å². The van der Waals surface area contributed by atoms with Gasteiger partial charge in [-0.25, -0.2) is 0 Å². The molecule has 1 heterocycles. The number of amides is 2. The molecule has 1 atom stereocenters. The van der Waals surface area contributed by atoms with E-state index < -0.39 is 0 Å². The molecule has 9 heteroatoms. The van der Waals surface area contributed by atoms with Gasteiger partial charge in [0, 0.05) is 21.4 Å². The summed E-state index contributed by atoms with van der Waals surface area (Å²) in [5.41, 5.74) is 2.29. The van der Waals surface area contributed by atoms with Gasteiger partial charge in [-0.2, -0.15) is 0 Å². The van der Waals surface area contributed by atoms with Gasteiger partial charge < -0.3 is 14.8 Å². The number of methoxy groups -OCH3 is 1. The average molecular weight is 503 g/mol. The Morgan fingerprint density at radius 2 is 1.70 bits per heavy atom. The summed E-state index contributed by atoms with van der Waals surface area (Å²) in [4.78, 5) is 26.6. The summed E-state index contributed by atoms with van der Waals surface area (Å²) in [5, 5.41) is 3.73. The molecule has 3 aromatic carbocycles. The van der Waals surface area contributed by atoms with Crippen molar-refractivity contribution in [3.63, 3.8) is 0 Å². The first-order valence-electron chi connectivity index (χ1n) is 10.00. The molecule has 1 aliphatic rings. The van der Waals surface area contributed by atoms with Crippen molar-refractivity contribution in [2.24, 2.45) is 0 Å². The fourth-order valence-corrected chi connectivity index (χ4v) is 4.80. The van der Waals surface area contributed by atoms with Gasteiger partial charge in [-0.15, -0.1) is 11.8 Å². The van der Waals surface area contributed by atoms with Crippen LogP contribution in [-0.4, -0.2) is 31.3 Å². The maximum atomic E-state index is 12.6. The van der Waals surface area contributed by atoms with Crippen molar-refractivity contribution in [2.45, 2.75) is 5.37 Å². The van der Waals surface area contributed by atoms with Crippen LogP contribution in [0.3, 0.4) is 0 Å². The Labute approximate surface area is 205 Å². The van der Waals surface area contributed by atoms with Crippen LogP contribution in [0.5, 0.6) is 11.5 Å². The summed E-state index contributed by atoms with van der Waals surface area (Å²) < 4.78 is 11.2. The zero-order valence-corrected chi connectivity index (χ0v) is 19.9. The molecule has 0 aromatic heterocycles. The quantitative estimate of drug-likeness (QED) is 0.442. The zero-order chi connectivity index (χ0) is 23.4. The Bertz CT molecular complexity index is 1160. The van der Waals surface area contributed by atoms with Crippen LogP contribution in [0.25, 0.3) is 0 Å². The van der Waals surface area contributed by atoms with Gasteiger partial charge in [-0.3, -0.25) is 14.5 Å². The number of nitrogens with one attached hydrogen (secondary N) is 1. The third kappa shape index (κ3) is 5.55. The van der Waals surface area contributed by atoms with Crippen molar-refractivity contribution in [3.05, 3.63) is 82.3 Å². The molecular formula is C24H20Cl2N2O4S. The fourth-order valence-electron chi connectivity index (χ4n) is 3.38. The van der Waals surface area contributed by atoms with Gasteiger partial charge in [0.15, 0.2) is 18.1 Å². The number of halogens is 2. The summed E-state index contributed by atoms with van der Waals surface area (Å²) >= 11 is 13.4. The highest BCUT2D eigenvalue weighted by molar-refractivity contribution is 8.00. The van der Waals surface area contributed by atoms with Crippen molar-refractivity contribution < 1.29 is 19.1 Å². The topological polar surface area (TPSA) is 67.9 Å². The third-order valence-electron chi connectivity index (χ3n) is 4.93. The number of benzene rings is 3. The van der Waals surface area contributed by atoms with Crippen LogP contribution in [0.15, 0.2) is 66.7 Å². The maximum Gasteiger partial charge on any atom is 0.262 e. The second-order valence-corrected chi connectivity index (χ2v) is 9.10. The van der Waals surface area contributed by atoms with E-state index in [2.05, 4.69) is 5.32 Å². The molecule has 1 aliphatic heterocycles. The molecule has 6 nitrogen and oxygen atoms in total. The second kappa shape index (κ2) is 10.4. The van der Waals surface area contributed by atoms with Gasteiger partial charge in [0.2, 0.25) is 5.91 Å². The highest BCUT2D eigenvalue weighted by Gasteiger charge is 2.34. The highest BCUT2D eigenvalue weighted by Crippen LogP contribution is 2.44. The van der Waals surface area contributed by atoms with E-state index in [9.17, 15) is 9.59 Å². The first-order chi connectivity index (χ1) is 15.9. The zero-order valence-electron chi connectivity index (χ0n) is 17.6. The molecule has 2 amide bonds. The number of hydrogen-bond donors (Lipinski definition) is 1. The van der Waals surface area contributed by atoms with Gasteiger partial charge in [0.25, 0.3) is 5.91 Å². The van der Waals surface area contributed by atoms with Gasteiger partial charge in [0.1, 0.15) is 5.37 Å². The van der Waals surface area contributed by atoms with E-state index in [0.717, 1.165) is 11.3 Å². The highest BCUT2D eigenvalue weighted by atomic mass is 35.5. The van der Waals surface area contributed by atoms with Crippen LogP contribution in [0.2, 0.25) is 10.0 Å². The predicted octanol–water partition coefficient (Wildman–Crippen LogP) is 5.80. The van der Waals surface area contributed by atoms with Crippen LogP contribution in [0.1, 0.15) is 10.9 Å². The Balaban J connectivity index is 1.47. The molecule has 0 radical (unpaired) electrons. The number of ether oxygens (including phenoxy) is 2. The van der Waals surface area contributed by atoms with Gasteiger partial charge in [0.05, 0.1) is 12.9 Å². The minimum atomic E-state index is -0.311. The number of anilines is 2. The minimum absolute atomic E-state index is 0.0190. The lowest BCUT2D eigenvalue weighted by molar-refractivity contribution is -0.118. The molecule has 4 rings (SSSR count). The largest absolute Gasteiger partial charge is 0.493 e. The molecule has 1 fully saturated rings. The molecule has 0 bridgehead atoms. The Morgan fingerprint density at radius 3 is 2.36 bits per heavy atom. The number of rotatable bonds is 7. The van der Waals surface area contributed by atoms with E-state index in [4.69, 9.17) is 32.7 Å². The Hall–Kier alpha value is -2.87. The van der Waals surface area contributed by atoms with Crippen LogP contribution in [0.4, 0.5) is 11.4 Å². The monoisotopic (exact) mass is 502 g/mol. The third-order valence-corrected chi connectivity index (χ3v) is 6.65. The predicted molar refractivity (Wildman–Crippen MR) is 133 cm³/mol. The normalized spacial score (nSPS) is 15.4. The molecule has 1 N–H and O–H groups in total. The molecule has 0 unspecified atom stereocenters. The summed E-state index contributed by atoms with van der Waals surface area (Å²) in [7, 11) is 1.53. The molecule has 0 spiro atoms. The fraction of sp³-hybridized carbons (Fsp3) is 0.167. The molecule has 0 saturated carbocycles.